The third-order valence-electron chi connectivity index (χ3n) is 2.14. The Kier molecular flexibility index (Phi) is 3.10. The summed E-state index contributed by atoms with van der Waals surface area (Å²) in [5, 5.41) is 9.15. The van der Waals surface area contributed by atoms with Gasteiger partial charge >= 0.3 is 5.97 Å². The third kappa shape index (κ3) is 2.62. The topological polar surface area (TPSA) is 66.7 Å². The van der Waals surface area contributed by atoms with Crippen molar-refractivity contribution >= 4 is 28.7 Å². The highest BCUT2D eigenvalue weighted by Crippen LogP contribution is 2.30. The smallest absolute Gasteiger partial charge is 0.329 e. The summed E-state index contributed by atoms with van der Waals surface area (Å²) in [6, 6.07) is 7.56. The molecule has 4 nitrogen and oxygen atoms in total. The Morgan fingerprint density at radius 2 is 2.24 bits per heavy atom. The van der Waals surface area contributed by atoms with Crippen LogP contribution >= 0.6 is 11.8 Å². The molecule has 0 radical (unpaired) electrons. The van der Waals surface area contributed by atoms with Crippen molar-refractivity contribution in [3.05, 3.63) is 46.4 Å². The summed E-state index contributed by atoms with van der Waals surface area (Å²) in [6.07, 6.45) is 0.888. The second kappa shape index (κ2) is 4.55. The van der Waals surface area contributed by atoms with Gasteiger partial charge in [0.2, 0.25) is 0 Å². The number of carboxylic acid groups (broad SMARTS) is 1. The number of aliphatic carboxylic acids is 1. The van der Waals surface area contributed by atoms with Crippen molar-refractivity contribution < 1.29 is 14.7 Å². The van der Waals surface area contributed by atoms with E-state index in [-0.39, 0.29) is 4.91 Å². The lowest BCUT2D eigenvalue weighted by Crippen LogP contribution is -1.94. The van der Waals surface area contributed by atoms with Crippen LogP contribution in [0.1, 0.15) is 11.1 Å². The molecule has 1 N–H and O–H groups in total. The minimum absolute atomic E-state index is 0.147. The quantitative estimate of drug-likeness (QED) is 0.811. The van der Waals surface area contributed by atoms with Gasteiger partial charge < -0.3 is 5.11 Å². The van der Waals surface area contributed by atoms with Crippen molar-refractivity contribution in [3.8, 4) is 0 Å². The number of hydrogen-bond donors (Lipinski definition) is 1. The lowest BCUT2D eigenvalue weighted by molar-refractivity contribution is -0.131. The van der Waals surface area contributed by atoms with Crippen LogP contribution in [0, 0.1) is 6.92 Å². The minimum Gasteiger partial charge on any atom is -0.478 e. The summed E-state index contributed by atoms with van der Waals surface area (Å²) in [5.74, 6) is -1.63. The number of hydrogen-bond acceptors (Lipinski definition) is 3. The Balaban J connectivity index is 2.30. The van der Waals surface area contributed by atoms with Gasteiger partial charge in [0.25, 0.3) is 5.91 Å². The Labute approximate surface area is 102 Å². The predicted octanol–water partition coefficient (Wildman–Crippen LogP) is 1.98. The minimum atomic E-state index is -1.14. The van der Waals surface area contributed by atoms with Crippen LogP contribution in [0.15, 0.2) is 40.2 Å². The van der Waals surface area contributed by atoms with Gasteiger partial charge in [-0.2, -0.15) is 0 Å². The van der Waals surface area contributed by atoms with E-state index in [0.29, 0.717) is 5.04 Å². The van der Waals surface area contributed by atoms with Crippen molar-refractivity contribution in [2.45, 2.75) is 6.92 Å². The van der Waals surface area contributed by atoms with E-state index in [1.165, 1.54) is 0 Å². The van der Waals surface area contributed by atoms with Gasteiger partial charge in [0, 0.05) is 11.6 Å². The number of carboxylic acids is 1. The second-order valence-corrected chi connectivity index (χ2v) is 4.57. The Morgan fingerprint density at radius 3 is 2.88 bits per heavy atom. The molecular weight excluding hydrogens is 238 g/mol. The number of rotatable bonds is 2. The highest BCUT2D eigenvalue weighted by atomic mass is 32.2. The number of aliphatic imine (C=N–C) groups is 1. The average molecular weight is 247 g/mol. The number of benzene rings is 1. The summed E-state index contributed by atoms with van der Waals surface area (Å²) >= 11 is 1.09. The number of nitrogens with zero attached hydrogens (tertiary/aromatic N) is 1. The van der Waals surface area contributed by atoms with Crippen LogP contribution in [0.3, 0.4) is 0 Å². The number of thioether (sulfide) groups is 1. The maximum Gasteiger partial charge on any atom is 0.329 e. The third-order valence-corrected chi connectivity index (χ3v) is 3.17. The molecule has 5 heteroatoms. The van der Waals surface area contributed by atoms with Crippen LogP contribution in [0.4, 0.5) is 0 Å². The molecule has 0 saturated heterocycles. The van der Waals surface area contributed by atoms with Gasteiger partial charge in [-0.05, 0) is 13.0 Å². The van der Waals surface area contributed by atoms with Crippen LogP contribution in [0.5, 0.6) is 0 Å². The number of amides is 1. The fourth-order valence-corrected chi connectivity index (χ4v) is 2.30. The van der Waals surface area contributed by atoms with E-state index in [4.69, 9.17) is 5.11 Å². The molecule has 1 amide bonds. The van der Waals surface area contributed by atoms with E-state index in [9.17, 15) is 9.59 Å². The van der Waals surface area contributed by atoms with E-state index < -0.39 is 11.9 Å². The maximum absolute atomic E-state index is 11.4. The molecule has 0 saturated carbocycles. The van der Waals surface area contributed by atoms with Crippen LogP contribution in [-0.2, 0) is 9.59 Å². The molecule has 1 aromatic carbocycles. The zero-order valence-corrected chi connectivity index (χ0v) is 9.82. The molecule has 0 aliphatic carbocycles. The molecule has 0 spiro atoms. The van der Waals surface area contributed by atoms with Gasteiger partial charge in [-0.1, -0.05) is 35.5 Å². The summed E-state index contributed by atoms with van der Waals surface area (Å²) in [7, 11) is 0. The molecule has 2 rings (SSSR count). The molecule has 1 heterocycles. The van der Waals surface area contributed by atoms with Crippen molar-refractivity contribution in [1.82, 2.24) is 0 Å². The molecular formula is C12H9NO3S. The van der Waals surface area contributed by atoms with Gasteiger partial charge in [-0.3, -0.25) is 4.79 Å². The first-order chi connectivity index (χ1) is 8.06. The van der Waals surface area contributed by atoms with Crippen molar-refractivity contribution in [3.63, 3.8) is 0 Å². The van der Waals surface area contributed by atoms with Crippen LogP contribution < -0.4 is 0 Å². The molecule has 86 valence electrons. The van der Waals surface area contributed by atoms with Crippen molar-refractivity contribution in [2.24, 2.45) is 4.99 Å². The number of carbonyl (C=O) groups is 2. The Morgan fingerprint density at radius 1 is 1.47 bits per heavy atom. The van der Waals surface area contributed by atoms with E-state index in [1.54, 1.807) is 0 Å². The SMILES string of the molecule is Cc1cccc(C2=NC(=O)/C(=C\C(=O)O)S2)c1. The predicted molar refractivity (Wildman–Crippen MR) is 66.0 cm³/mol. The van der Waals surface area contributed by atoms with E-state index >= 15 is 0 Å². The lowest BCUT2D eigenvalue weighted by Gasteiger charge is -1.99. The van der Waals surface area contributed by atoms with Gasteiger partial charge in [0.1, 0.15) is 5.04 Å². The first-order valence-electron chi connectivity index (χ1n) is 4.89. The maximum atomic E-state index is 11.4. The summed E-state index contributed by atoms with van der Waals surface area (Å²) in [5.41, 5.74) is 1.89. The van der Waals surface area contributed by atoms with E-state index in [2.05, 4.69) is 4.99 Å². The van der Waals surface area contributed by atoms with Crippen LogP contribution in [0.25, 0.3) is 0 Å². The zero-order valence-electron chi connectivity index (χ0n) is 9.01. The highest BCUT2D eigenvalue weighted by molar-refractivity contribution is 8.19. The molecule has 0 bridgehead atoms. The highest BCUT2D eigenvalue weighted by Gasteiger charge is 2.23. The first-order valence-corrected chi connectivity index (χ1v) is 5.70. The normalized spacial score (nSPS) is 17.4. The monoisotopic (exact) mass is 247 g/mol. The van der Waals surface area contributed by atoms with E-state index in [0.717, 1.165) is 29.0 Å². The molecule has 0 unspecified atom stereocenters. The van der Waals surface area contributed by atoms with E-state index in [1.807, 2.05) is 31.2 Å². The number of aryl methyl sites for hydroxylation is 1. The fraction of sp³-hybridized carbons (Fsp3) is 0.0833. The fourth-order valence-electron chi connectivity index (χ4n) is 1.42. The van der Waals surface area contributed by atoms with Gasteiger partial charge in [0.15, 0.2) is 0 Å². The number of carbonyl (C=O) groups excluding carboxylic acids is 1. The molecule has 0 aromatic heterocycles. The Hall–Kier alpha value is -1.88. The van der Waals surface area contributed by atoms with Crippen molar-refractivity contribution in [1.29, 1.82) is 0 Å². The summed E-state index contributed by atoms with van der Waals surface area (Å²) < 4.78 is 0. The van der Waals surface area contributed by atoms with Crippen LogP contribution in [-0.4, -0.2) is 22.0 Å². The molecule has 1 aliphatic rings. The zero-order chi connectivity index (χ0) is 12.4. The van der Waals surface area contributed by atoms with Gasteiger partial charge in [-0.15, -0.1) is 0 Å². The Bertz CT molecular complexity index is 561. The second-order valence-electron chi connectivity index (χ2n) is 3.54. The van der Waals surface area contributed by atoms with Gasteiger partial charge in [-0.25, -0.2) is 9.79 Å². The molecule has 17 heavy (non-hydrogen) atoms. The van der Waals surface area contributed by atoms with Crippen LogP contribution in [0.2, 0.25) is 0 Å². The summed E-state index contributed by atoms with van der Waals surface area (Å²) in [4.78, 5) is 25.9. The first kappa shape index (κ1) is 11.6. The molecule has 0 fully saturated rings. The molecule has 1 aliphatic heterocycles. The lowest BCUT2D eigenvalue weighted by atomic mass is 10.1. The largest absolute Gasteiger partial charge is 0.478 e. The molecule has 1 aromatic rings. The average Bonchev–Trinajstić information content (AvgIpc) is 2.59. The van der Waals surface area contributed by atoms with Crippen molar-refractivity contribution in [2.75, 3.05) is 0 Å². The molecule has 0 atom stereocenters. The van der Waals surface area contributed by atoms with Gasteiger partial charge in [0.05, 0.1) is 4.91 Å². The summed E-state index contributed by atoms with van der Waals surface area (Å²) in [6.45, 7) is 1.94. The standard InChI is InChI=1S/C12H9NO3S/c1-7-3-2-4-8(5-7)12-13-11(16)9(17-12)6-10(14)15/h2-6H,1H3,(H,14,15)/b9-6+.